The van der Waals surface area contributed by atoms with Crippen molar-refractivity contribution in [3.63, 3.8) is 0 Å². The Morgan fingerprint density at radius 2 is 0.913 bits per heavy atom. The van der Waals surface area contributed by atoms with Crippen molar-refractivity contribution in [1.29, 1.82) is 0 Å². The molecule has 0 spiro atoms. The predicted octanol–water partition coefficient (Wildman–Crippen LogP) is -0.118. The molecule has 2 aromatic rings. The second-order valence-electron chi connectivity index (χ2n) is 4.89. The quantitative estimate of drug-likeness (QED) is 0.532. The summed E-state index contributed by atoms with van der Waals surface area (Å²) in [7, 11) is 3.64. The van der Waals surface area contributed by atoms with Crippen LogP contribution in [0.2, 0.25) is 0 Å². The van der Waals surface area contributed by atoms with Gasteiger partial charge in [0.15, 0.2) is 0 Å². The first-order valence-electron chi connectivity index (χ1n) is 6.83. The molecule has 0 aromatic heterocycles. The van der Waals surface area contributed by atoms with Gasteiger partial charge in [0.1, 0.15) is 0 Å². The maximum Gasteiger partial charge on any atom is 4.00 e. The Labute approximate surface area is 157 Å². The van der Waals surface area contributed by atoms with Gasteiger partial charge in [0, 0.05) is 0 Å². The Morgan fingerprint density at radius 1 is 0.609 bits per heavy atom. The van der Waals surface area contributed by atoms with E-state index in [-0.39, 0.29) is 35.3 Å². The van der Waals surface area contributed by atoms with Gasteiger partial charge >= 0.3 is 25.8 Å². The van der Waals surface area contributed by atoms with Crippen LogP contribution in [0.3, 0.4) is 0 Å². The van der Waals surface area contributed by atoms with Crippen LogP contribution in [-0.4, -0.2) is 14.1 Å². The van der Waals surface area contributed by atoms with Crippen molar-refractivity contribution in [2.45, 2.75) is 27.7 Å². The summed E-state index contributed by atoms with van der Waals surface area (Å²) in [5.74, 6) is 0. The Hall–Kier alpha value is -1.23. The van der Waals surface area contributed by atoms with Gasteiger partial charge in [0.25, 0.3) is 0 Å². The second-order valence-corrected chi connectivity index (χ2v) is 4.89. The van der Waals surface area contributed by atoms with Crippen LogP contribution < -0.4 is 9.41 Å². The number of halogens is 2. The van der Waals surface area contributed by atoms with Crippen molar-refractivity contribution in [2.75, 3.05) is 14.1 Å². The number of benzene rings is 2. The van der Waals surface area contributed by atoms with Gasteiger partial charge in [0.2, 0.25) is 0 Å². The van der Waals surface area contributed by atoms with E-state index in [0.29, 0.717) is 0 Å². The zero-order valence-electron chi connectivity index (χ0n) is 14.6. The summed E-state index contributed by atoms with van der Waals surface area (Å²) in [6, 6.07) is 12.3. The summed E-state index contributed by atoms with van der Waals surface area (Å²) in [5, 5.41) is 8.26. The molecule has 0 saturated carbocycles. The zero-order valence-corrected chi connectivity index (χ0v) is 18.2. The average Bonchev–Trinajstić information content (AvgIpc) is 2.45. The van der Waals surface area contributed by atoms with E-state index < -0.39 is 0 Å². The molecule has 23 heavy (non-hydrogen) atoms. The molecule has 0 aliphatic rings. The summed E-state index contributed by atoms with van der Waals surface area (Å²) in [6.45, 7) is 8.39. The zero-order chi connectivity index (χ0) is 15.1. The fourth-order valence-electron chi connectivity index (χ4n) is 1.96. The Kier molecular flexibility index (Phi) is 15.3. The van der Waals surface area contributed by atoms with Crippen LogP contribution in [0, 0.1) is 27.7 Å². The van der Waals surface area contributed by atoms with Crippen molar-refractivity contribution >= 4 is 11.4 Å². The van der Waals surface area contributed by atoms with Gasteiger partial charge in [-0.1, -0.05) is 47.5 Å². The molecule has 5 heteroatoms. The fourth-order valence-corrected chi connectivity index (χ4v) is 1.96. The molecular formula is C18H24F2HfN2. The monoisotopic (exact) mass is 486 g/mol. The molecule has 0 N–H and O–H groups in total. The molecule has 0 aliphatic carbocycles. The number of aryl methyl sites for hydroxylation is 2. The maximum atomic E-state index is 4.13. The van der Waals surface area contributed by atoms with Gasteiger partial charge in [0.05, 0.1) is 0 Å². The van der Waals surface area contributed by atoms with Crippen molar-refractivity contribution in [2.24, 2.45) is 0 Å². The fraction of sp³-hybridized carbons (Fsp3) is 0.333. The number of rotatable bonds is 2. The maximum absolute atomic E-state index is 4.13. The number of nitrogens with zero attached hydrogens (tertiary/aromatic N) is 2. The van der Waals surface area contributed by atoms with E-state index >= 15 is 0 Å². The van der Waals surface area contributed by atoms with Crippen molar-refractivity contribution in [3.05, 3.63) is 69.3 Å². The molecule has 2 rings (SSSR count). The molecule has 2 aromatic carbocycles. The number of hydrogen-bond donors (Lipinski definition) is 0. The minimum absolute atomic E-state index is 0. The molecule has 0 unspecified atom stereocenters. The van der Waals surface area contributed by atoms with Gasteiger partial charge in [-0.05, 0) is 38.8 Å². The van der Waals surface area contributed by atoms with Gasteiger partial charge in [-0.15, -0.1) is 25.5 Å². The molecule has 0 heterocycles. The smallest absolute Gasteiger partial charge is 1.00 e. The minimum Gasteiger partial charge on any atom is -1.00 e. The third-order valence-corrected chi connectivity index (χ3v) is 3.63. The minimum atomic E-state index is 0. The van der Waals surface area contributed by atoms with Gasteiger partial charge in [-0.2, -0.15) is 0 Å². The summed E-state index contributed by atoms with van der Waals surface area (Å²) >= 11 is 0. The van der Waals surface area contributed by atoms with Crippen LogP contribution in [0.5, 0.6) is 0 Å². The molecule has 0 bridgehead atoms. The topological polar surface area (TPSA) is 28.2 Å². The number of hydrogen-bond acceptors (Lipinski definition) is 0. The molecule has 0 saturated heterocycles. The van der Waals surface area contributed by atoms with Crippen LogP contribution in [-0.2, 0) is 25.8 Å². The average molecular weight is 485 g/mol. The first-order chi connectivity index (χ1) is 9.51. The molecule has 0 amide bonds. The van der Waals surface area contributed by atoms with Gasteiger partial charge in [-0.25, -0.2) is 0 Å². The van der Waals surface area contributed by atoms with Crippen LogP contribution in [0.1, 0.15) is 22.3 Å². The van der Waals surface area contributed by atoms with Gasteiger partial charge < -0.3 is 20.0 Å². The van der Waals surface area contributed by atoms with Crippen molar-refractivity contribution in [1.82, 2.24) is 0 Å². The van der Waals surface area contributed by atoms with E-state index in [4.69, 9.17) is 0 Å². The second kappa shape index (κ2) is 13.2. The molecule has 0 fully saturated rings. The molecular weight excluding hydrogens is 461 g/mol. The standard InChI is InChI=1S/2C9H12N.2FH.Hf/c2*1-7-5-4-6-9(10-3)8(7)2;;;/h2*4-6H,1-3H3;2*1H;/q2*-1;;;+4/p-2. The van der Waals surface area contributed by atoms with Crippen LogP contribution in [0.25, 0.3) is 10.6 Å². The van der Waals surface area contributed by atoms with Crippen LogP contribution >= 0.6 is 0 Å². The Bertz CT molecular complexity index is 523. The van der Waals surface area contributed by atoms with Crippen molar-refractivity contribution < 1.29 is 35.3 Å². The normalized spacial score (nSPS) is 8.26. The molecule has 124 valence electrons. The SMILES string of the molecule is C[N-]c1cccc(C)c1C.C[N-]c1cccc(C)c1C.[F-].[F-].[Hf+4]. The first-order valence-corrected chi connectivity index (χ1v) is 6.83. The van der Waals surface area contributed by atoms with Crippen molar-refractivity contribution in [3.8, 4) is 0 Å². The molecule has 0 atom stereocenters. The van der Waals surface area contributed by atoms with E-state index in [9.17, 15) is 0 Å². The van der Waals surface area contributed by atoms with Crippen LogP contribution in [0.15, 0.2) is 36.4 Å². The van der Waals surface area contributed by atoms with Crippen LogP contribution in [0.4, 0.5) is 11.4 Å². The summed E-state index contributed by atoms with van der Waals surface area (Å²) < 4.78 is 0. The van der Waals surface area contributed by atoms with E-state index in [1.807, 2.05) is 38.4 Å². The Balaban J connectivity index is -0.000000308. The van der Waals surface area contributed by atoms with E-state index in [1.54, 1.807) is 0 Å². The predicted molar refractivity (Wildman–Crippen MR) is 89.7 cm³/mol. The van der Waals surface area contributed by atoms with E-state index in [0.717, 1.165) is 11.4 Å². The summed E-state index contributed by atoms with van der Waals surface area (Å²) in [5.41, 5.74) is 7.38. The third kappa shape index (κ3) is 7.73. The largest absolute Gasteiger partial charge is 4.00 e. The Morgan fingerprint density at radius 3 is 1.13 bits per heavy atom. The first kappa shape index (κ1) is 26.7. The third-order valence-electron chi connectivity index (χ3n) is 3.63. The molecule has 0 radical (unpaired) electrons. The van der Waals surface area contributed by atoms with E-state index in [1.165, 1.54) is 22.3 Å². The van der Waals surface area contributed by atoms with Gasteiger partial charge in [-0.3, -0.25) is 0 Å². The van der Waals surface area contributed by atoms with E-state index in [2.05, 4.69) is 50.5 Å². The molecule has 0 aliphatic heterocycles. The summed E-state index contributed by atoms with van der Waals surface area (Å²) in [6.07, 6.45) is 0. The summed E-state index contributed by atoms with van der Waals surface area (Å²) in [4.78, 5) is 0. The molecule has 2 nitrogen and oxygen atoms in total.